The predicted octanol–water partition coefficient (Wildman–Crippen LogP) is 4.25. The first-order chi connectivity index (χ1) is 10.3. The van der Waals surface area contributed by atoms with E-state index in [-0.39, 0.29) is 11.0 Å². The van der Waals surface area contributed by atoms with Crippen molar-refractivity contribution in [2.24, 2.45) is 0 Å². The van der Waals surface area contributed by atoms with Crippen LogP contribution in [0.1, 0.15) is 10.4 Å². The van der Waals surface area contributed by atoms with Crippen molar-refractivity contribution in [1.29, 1.82) is 0 Å². The van der Waals surface area contributed by atoms with Crippen LogP contribution in [-0.4, -0.2) is 6.29 Å². The Morgan fingerprint density at radius 3 is 1.95 bits per heavy atom. The standard InChI is InChI=1S/C18H12O2S/c19-12-15-16(20)11-17(13-7-3-1-4-8-13)21-18(15)14-9-5-2-6-10-14/h1-12H. The van der Waals surface area contributed by atoms with Crippen LogP contribution in [0.2, 0.25) is 0 Å². The first kappa shape index (κ1) is 13.5. The van der Waals surface area contributed by atoms with Gasteiger partial charge in [0, 0.05) is 15.8 Å². The van der Waals surface area contributed by atoms with Crippen LogP contribution in [0.25, 0.3) is 20.9 Å². The summed E-state index contributed by atoms with van der Waals surface area (Å²) >= 11 is 1.46. The fraction of sp³-hybridized carbons (Fsp3) is 0. The highest BCUT2D eigenvalue weighted by molar-refractivity contribution is 7.18. The van der Waals surface area contributed by atoms with Crippen LogP contribution in [0, 0.1) is 0 Å². The third-order valence-electron chi connectivity index (χ3n) is 3.20. The van der Waals surface area contributed by atoms with Crippen molar-refractivity contribution in [3.05, 3.63) is 82.5 Å². The quantitative estimate of drug-likeness (QED) is 0.676. The highest BCUT2D eigenvalue weighted by Crippen LogP contribution is 2.32. The molecule has 102 valence electrons. The van der Waals surface area contributed by atoms with E-state index < -0.39 is 0 Å². The van der Waals surface area contributed by atoms with Crippen molar-refractivity contribution in [3.63, 3.8) is 0 Å². The normalized spacial score (nSPS) is 10.3. The van der Waals surface area contributed by atoms with Gasteiger partial charge in [0.05, 0.1) is 5.56 Å². The summed E-state index contributed by atoms with van der Waals surface area (Å²) in [5.74, 6) is 0. The summed E-state index contributed by atoms with van der Waals surface area (Å²) in [5.41, 5.74) is 1.86. The molecule has 1 heterocycles. The number of aldehydes is 1. The van der Waals surface area contributed by atoms with E-state index in [4.69, 9.17) is 0 Å². The lowest BCUT2D eigenvalue weighted by Crippen LogP contribution is -2.07. The molecule has 3 aromatic rings. The van der Waals surface area contributed by atoms with Gasteiger partial charge in [0.25, 0.3) is 0 Å². The molecule has 3 heteroatoms. The van der Waals surface area contributed by atoms with E-state index in [0.29, 0.717) is 6.29 Å². The predicted molar refractivity (Wildman–Crippen MR) is 86.8 cm³/mol. The lowest BCUT2D eigenvalue weighted by Gasteiger charge is -2.07. The molecule has 0 aliphatic rings. The van der Waals surface area contributed by atoms with E-state index >= 15 is 0 Å². The molecular formula is C18H12O2S. The average Bonchev–Trinajstić information content (AvgIpc) is 2.55. The van der Waals surface area contributed by atoms with Gasteiger partial charge >= 0.3 is 0 Å². The Kier molecular flexibility index (Phi) is 3.75. The largest absolute Gasteiger partial charge is 0.298 e. The first-order valence-corrected chi connectivity index (χ1v) is 7.35. The molecule has 0 aliphatic carbocycles. The molecule has 0 saturated heterocycles. The number of carbonyl (C=O) groups excluding carboxylic acids is 1. The van der Waals surface area contributed by atoms with Gasteiger partial charge in [-0.2, -0.15) is 0 Å². The van der Waals surface area contributed by atoms with Crippen LogP contribution < -0.4 is 5.43 Å². The number of benzene rings is 2. The SMILES string of the molecule is O=Cc1c(-c2ccccc2)sc(-c2ccccc2)cc1=O. The van der Waals surface area contributed by atoms with E-state index in [1.54, 1.807) is 0 Å². The van der Waals surface area contributed by atoms with Crippen LogP contribution in [0.15, 0.2) is 71.5 Å². The molecule has 1 aromatic heterocycles. The fourth-order valence-corrected chi connectivity index (χ4v) is 3.32. The maximum absolute atomic E-state index is 12.2. The van der Waals surface area contributed by atoms with Crippen molar-refractivity contribution in [2.45, 2.75) is 0 Å². The number of carbonyl (C=O) groups is 1. The zero-order valence-corrected chi connectivity index (χ0v) is 12.0. The molecule has 0 spiro atoms. The minimum absolute atomic E-state index is 0.228. The molecule has 0 N–H and O–H groups in total. The molecule has 2 aromatic carbocycles. The molecular weight excluding hydrogens is 280 g/mol. The first-order valence-electron chi connectivity index (χ1n) is 6.54. The number of hydrogen-bond donors (Lipinski definition) is 0. The van der Waals surface area contributed by atoms with Gasteiger partial charge in [0.15, 0.2) is 11.7 Å². The second-order valence-corrected chi connectivity index (χ2v) is 5.62. The summed E-state index contributed by atoms with van der Waals surface area (Å²) in [7, 11) is 0. The van der Waals surface area contributed by atoms with E-state index in [1.165, 1.54) is 17.4 Å². The molecule has 21 heavy (non-hydrogen) atoms. The molecule has 2 nitrogen and oxygen atoms in total. The minimum atomic E-state index is -0.235. The zero-order chi connectivity index (χ0) is 14.7. The lowest BCUT2D eigenvalue weighted by molar-refractivity contribution is 0.112. The summed E-state index contributed by atoms with van der Waals surface area (Å²) < 4.78 is 0. The fourth-order valence-electron chi connectivity index (χ4n) is 2.16. The van der Waals surface area contributed by atoms with Gasteiger partial charge in [0.1, 0.15) is 0 Å². The van der Waals surface area contributed by atoms with Gasteiger partial charge in [0.2, 0.25) is 0 Å². The molecule has 3 rings (SSSR count). The van der Waals surface area contributed by atoms with Gasteiger partial charge in [-0.15, -0.1) is 11.3 Å². The summed E-state index contributed by atoms with van der Waals surface area (Å²) in [5, 5.41) is 0. The third kappa shape index (κ3) is 2.69. The molecule has 0 atom stereocenters. The molecule has 0 amide bonds. The van der Waals surface area contributed by atoms with Gasteiger partial charge < -0.3 is 0 Å². The Bertz CT molecular complexity index is 821. The Labute approximate surface area is 126 Å². The van der Waals surface area contributed by atoms with Crippen LogP contribution in [-0.2, 0) is 0 Å². The van der Waals surface area contributed by atoms with E-state index in [9.17, 15) is 9.59 Å². The molecule has 0 saturated carbocycles. The smallest absolute Gasteiger partial charge is 0.192 e. The van der Waals surface area contributed by atoms with Crippen molar-refractivity contribution < 1.29 is 4.79 Å². The summed E-state index contributed by atoms with van der Waals surface area (Å²) in [6.45, 7) is 0. The third-order valence-corrected chi connectivity index (χ3v) is 4.43. The Morgan fingerprint density at radius 2 is 1.38 bits per heavy atom. The Hall–Kier alpha value is -2.52. The Balaban J connectivity index is 2.26. The van der Waals surface area contributed by atoms with Crippen LogP contribution in [0.5, 0.6) is 0 Å². The molecule has 0 fully saturated rings. The summed E-state index contributed by atoms with van der Waals surface area (Å²) in [6, 6.07) is 20.8. The Morgan fingerprint density at radius 1 is 0.810 bits per heavy atom. The lowest BCUT2D eigenvalue weighted by atomic mass is 10.1. The summed E-state index contributed by atoms with van der Waals surface area (Å²) in [4.78, 5) is 25.1. The van der Waals surface area contributed by atoms with Crippen LogP contribution >= 0.6 is 11.3 Å². The van der Waals surface area contributed by atoms with Crippen molar-refractivity contribution in [1.82, 2.24) is 0 Å². The number of hydrogen-bond acceptors (Lipinski definition) is 3. The van der Waals surface area contributed by atoms with Gasteiger partial charge in [-0.05, 0) is 11.1 Å². The highest BCUT2D eigenvalue weighted by Gasteiger charge is 2.12. The number of rotatable bonds is 3. The van der Waals surface area contributed by atoms with Crippen molar-refractivity contribution in [3.8, 4) is 20.9 Å². The topological polar surface area (TPSA) is 34.1 Å². The summed E-state index contributed by atoms with van der Waals surface area (Å²) in [6.07, 6.45) is 0.649. The average molecular weight is 292 g/mol. The van der Waals surface area contributed by atoms with Crippen molar-refractivity contribution in [2.75, 3.05) is 0 Å². The second-order valence-electron chi connectivity index (χ2n) is 4.57. The molecule has 0 unspecified atom stereocenters. The molecule has 0 bridgehead atoms. The monoisotopic (exact) mass is 292 g/mol. The van der Waals surface area contributed by atoms with Crippen LogP contribution in [0.4, 0.5) is 0 Å². The van der Waals surface area contributed by atoms with Gasteiger partial charge in [-0.25, -0.2) is 0 Å². The van der Waals surface area contributed by atoms with E-state index in [2.05, 4.69) is 0 Å². The van der Waals surface area contributed by atoms with E-state index in [1.807, 2.05) is 60.7 Å². The van der Waals surface area contributed by atoms with Gasteiger partial charge in [-0.3, -0.25) is 9.59 Å². The van der Waals surface area contributed by atoms with Gasteiger partial charge in [-0.1, -0.05) is 60.7 Å². The molecule has 0 radical (unpaired) electrons. The highest BCUT2D eigenvalue weighted by atomic mass is 32.1. The zero-order valence-electron chi connectivity index (χ0n) is 11.2. The maximum atomic E-state index is 12.2. The van der Waals surface area contributed by atoms with Crippen LogP contribution in [0.3, 0.4) is 0 Å². The molecule has 0 aliphatic heterocycles. The van der Waals surface area contributed by atoms with Crippen molar-refractivity contribution >= 4 is 17.6 Å². The van der Waals surface area contributed by atoms with E-state index in [0.717, 1.165) is 20.9 Å². The second kappa shape index (κ2) is 5.85. The maximum Gasteiger partial charge on any atom is 0.192 e. The minimum Gasteiger partial charge on any atom is -0.298 e.